The highest BCUT2D eigenvalue weighted by Crippen LogP contribution is 2.34. The van der Waals surface area contributed by atoms with Crippen LogP contribution in [-0.2, 0) is 11.2 Å². The van der Waals surface area contributed by atoms with Crippen LogP contribution in [0.3, 0.4) is 0 Å². The second-order valence-electron chi connectivity index (χ2n) is 4.78. The van der Waals surface area contributed by atoms with Gasteiger partial charge in [-0.1, -0.05) is 32.4 Å². The molecule has 0 fully saturated rings. The van der Waals surface area contributed by atoms with Gasteiger partial charge in [0.05, 0.1) is 13.0 Å². The fraction of sp³-hybridized carbons (Fsp3) is 0.500. The summed E-state index contributed by atoms with van der Waals surface area (Å²) in [5, 5.41) is 9.58. The maximum Gasteiger partial charge on any atom is 0.306 e. The Morgan fingerprint density at radius 3 is 2.44 bits per heavy atom. The number of carbonyl (C=O) groups is 1. The van der Waals surface area contributed by atoms with E-state index >= 15 is 0 Å². The lowest BCUT2D eigenvalue weighted by atomic mass is 9.90. The summed E-state index contributed by atoms with van der Waals surface area (Å²) in [6.45, 7) is 5.81. The Morgan fingerprint density at radius 2 is 2.00 bits per heavy atom. The van der Waals surface area contributed by atoms with Crippen molar-refractivity contribution in [1.82, 2.24) is 0 Å². The minimum absolute atomic E-state index is 0.258. The molecule has 1 N–H and O–H groups in total. The van der Waals surface area contributed by atoms with Gasteiger partial charge in [-0.15, -0.1) is 0 Å². The third-order valence-corrected chi connectivity index (χ3v) is 3.16. The number of benzene rings is 1. The smallest absolute Gasteiger partial charge is 0.306 e. The van der Waals surface area contributed by atoms with Gasteiger partial charge in [-0.2, -0.15) is 0 Å². The maximum absolute atomic E-state index is 11.0. The molecule has 0 bridgehead atoms. The minimum atomic E-state index is -0.802. The van der Waals surface area contributed by atoms with Crippen molar-refractivity contribution in [3.05, 3.63) is 28.3 Å². The standard InChI is InChI=1S/C14H19ClO3/c1-8(2)13-10(5-9(3)14(16)17)6-11(15)7-12(13)18-4/h6-9H,5H2,1-4H3,(H,16,17). The van der Waals surface area contributed by atoms with E-state index in [1.807, 2.05) is 6.07 Å². The van der Waals surface area contributed by atoms with Crippen LogP contribution in [0.4, 0.5) is 0 Å². The average molecular weight is 271 g/mol. The number of ether oxygens (including phenoxy) is 1. The molecule has 0 amide bonds. The second-order valence-corrected chi connectivity index (χ2v) is 5.22. The number of carboxylic acid groups (broad SMARTS) is 1. The number of carboxylic acids is 1. The number of halogens is 1. The summed E-state index contributed by atoms with van der Waals surface area (Å²) >= 11 is 6.04. The van der Waals surface area contributed by atoms with Crippen LogP contribution >= 0.6 is 11.6 Å². The van der Waals surface area contributed by atoms with E-state index in [0.717, 1.165) is 16.9 Å². The molecule has 3 nitrogen and oxygen atoms in total. The van der Waals surface area contributed by atoms with Gasteiger partial charge in [0.2, 0.25) is 0 Å². The second kappa shape index (κ2) is 6.10. The summed E-state index contributed by atoms with van der Waals surface area (Å²) in [5.41, 5.74) is 1.99. The molecule has 0 aliphatic rings. The molecule has 4 heteroatoms. The highest BCUT2D eigenvalue weighted by molar-refractivity contribution is 6.30. The number of hydrogen-bond donors (Lipinski definition) is 1. The lowest BCUT2D eigenvalue weighted by molar-refractivity contribution is -0.141. The zero-order valence-electron chi connectivity index (χ0n) is 11.2. The van der Waals surface area contributed by atoms with E-state index in [2.05, 4.69) is 13.8 Å². The Bertz CT molecular complexity index is 441. The predicted octanol–water partition coefficient (Wildman–Crippen LogP) is 3.74. The molecule has 1 aromatic carbocycles. The Morgan fingerprint density at radius 1 is 1.39 bits per heavy atom. The molecule has 0 saturated carbocycles. The molecular formula is C14H19ClO3. The molecule has 0 radical (unpaired) electrons. The molecule has 18 heavy (non-hydrogen) atoms. The summed E-state index contributed by atoms with van der Waals surface area (Å²) < 4.78 is 5.34. The van der Waals surface area contributed by atoms with Crippen molar-refractivity contribution >= 4 is 17.6 Å². The van der Waals surface area contributed by atoms with Gasteiger partial charge in [-0.05, 0) is 35.6 Å². The number of aliphatic carboxylic acids is 1. The maximum atomic E-state index is 11.0. The van der Waals surface area contributed by atoms with Crippen molar-refractivity contribution in [3.8, 4) is 5.75 Å². The summed E-state index contributed by atoms with van der Waals surface area (Å²) in [5.74, 6) is -0.257. The molecule has 0 aromatic heterocycles. The Kier molecular flexibility index (Phi) is 5.03. The van der Waals surface area contributed by atoms with Crippen LogP contribution in [0.1, 0.15) is 37.8 Å². The van der Waals surface area contributed by atoms with Crippen molar-refractivity contribution < 1.29 is 14.6 Å². The quantitative estimate of drug-likeness (QED) is 0.887. The summed E-state index contributed by atoms with van der Waals surface area (Å²) in [6, 6.07) is 3.60. The van der Waals surface area contributed by atoms with E-state index in [1.54, 1.807) is 20.1 Å². The molecule has 1 unspecified atom stereocenters. The molecule has 1 atom stereocenters. The first-order valence-electron chi connectivity index (χ1n) is 5.95. The van der Waals surface area contributed by atoms with Crippen molar-refractivity contribution in [2.24, 2.45) is 5.92 Å². The van der Waals surface area contributed by atoms with Gasteiger partial charge in [-0.3, -0.25) is 4.79 Å². The third-order valence-electron chi connectivity index (χ3n) is 2.94. The average Bonchev–Trinajstić information content (AvgIpc) is 2.27. The van der Waals surface area contributed by atoms with E-state index in [4.69, 9.17) is 21.4 Å². The van der Waals surface area contributed by atoms with E-state index in [1.165, 1.54) is 0 Å². The fourth-order valence-electron chi connectivity index (χ4n) is 2.06. The molecule has 0 aliphatic heterocycles. The summed E-state index contributed by atoms with van der Waals surface area (Å²) in [4.78, 5) is 11.0. The highest BCUT2D eigenvalue weighted by atomic mass is 35.5. The van der Waals surface area contributed by atoms with Crippen LogP contribution in [0.25, 0.3) is 0 Å². The molecule has 1 aromatic rings. The van der Waals surface area contributed by atoms with Gasteiger partial charge in [0.1, 0.15) is 5.75 Å². The number of methoxy groups -OCH3 is 1. The van der Waals surface area contributed by atoms with Gasteiger partial charge in [0, 0.05) is 5.02 Å². The monoisotopic (exact) mass is 270 g/mol. The molecular weight excluding hydrogens is 252 g/mol. The Labute approximate surface area is 113 Å². The lowest BCUT2D eigenvalue weighted by Crippen LogP contribution is -2.14. The topological polar surface area (TPSA) is 46.5 Å². The van der Waals surface area contributed by atoms with Gasteiger partial charge >= 0.3 is 5.97 Å². The van der Waals surface area contributed by atoms with Crippen LogP contribution in [0, 0.1) is 5.92 Å². The predicted molar refractivity (Wildman–Crippen MR) is 72.6 cm³/mol. The van der Waals surface area contributed by atoms with Gasteiger partial charge in [0.25, 0.3) is 0 Å². The minimum Gasteiger partial charge on any atom is -0.496 e. The SMILES string of the molecule is COc1cc(Cl)cc(CC(C)C(=O)O)c1C(C)C. The first kappa shape index (κ1) is 14.8. The van der Waals surface area contributed by atoms with Crippen molar-refractivity contribution in [1.29, 1.82) is 0 Å². The van der Waals surface area contributed by atoms with Gasteiger partial charge in [0.15, 0.2) is 0 Å². The van der Waals surface area contributed by atoms with Crippen molar-refractivity contribution in [2.75, 3.05) is 7.11 Å². The van der Waals surface area contributed by atoms with Crippen LogP contribution in [0.2, 0.25) is 5.02 Å². The van der Waals surface area contributed by atoms with Crippen LogP contribution in [0.15, 0.2) is 12.1 Å². The van der Waals surface area contributed by atoms with Crippen LogP contribution < -0.4 is 4.74 Å². The molecule has 0 aliphatic carbocycles. The highest BCUT2D eigenvalue weighted by Gasteiger charge is 2.19. The molecule has 1 rings (SSSR count). The normalized spacial score (nSPS) is 12.6. The molecule has 0 spiro atoms. The van der Waals surface area contributed by atoms with Crippen molar-refractivity contribution in [2.45, 2.75) is 33.1 Å². The first-order valence-corrected chi connectivity index (χ1v) is 6.33. The van der Waals surface area contributed by atoms with Crippen LogP contribution in [0.5, 0.6) is 5.75 Å². The van der Waals surface area contributed by atoms with Gasteiger partial charge < -0.3 is 9.84 Å². The summed E-state index contributed by atoms with van der Waals surface area (Å²) in [7, 11) is 1.60. The fourth-order valence-corrected chi connectivity index (χ4v) is 2.29. The lowest BCUT2D eigenvalue weighted by Gasteiger charge is -2.19. The zero-order valence-corrected chi connectivity index (χ0v) is 11.9. The Hall–Kier alpha value is -1.22. The van der Waals surface area contributed by atoms with E-state index in [9.17, 15) is 4.79 Å². The van der Waals surface area contributed by atoms with E-state index in [-0.39, 0.29) is 5.92 Å². The van der Waals surface area contributed by atoms with Crippen LogP contribution in [-0.4, -0.2) is 18.2 Å². The molecule has 100 valence electrons. The summed E-state index contributed by atoms with van der Waals surface area (Å²) in [6.07, 6.45) is 0.458. The third kappa shape index (κ3) is 3.39. The molecule has 0 heterocycles. The zero-order chi connectivity index (χ0) is 13.9. The Balaban J connectivity index is 3.23. The van der Waals surface area contributed by atoms with E-state index < -0.39 is 11.9 Å². The number of hydrogen-bond acceptors (Lipinski definition) is 2. The molecule has 0 saturated heterocycles. The largest absolute Gasteiger partial charge is 0.496 e. The van der Waals surface area contributed by atoms with Gasteiger partial charge in [-0.25, -0.2) is 0 Å². The van der Waals surface area contributed by atoms with E-state index in [0.29, 0.717) is 11.4 Å². The number of rotatable bonds is 5. The van der Waals surface area contributed by atoms with Crippen molar-refractivity contribution in [3.63, 3.8) is 0 Å². The first-order chi connectivity index (χ1) is 8.36.